The number of rotatable bonds is 0. The average Bonchev–Trinajstić information content (AvgIpc) is 2.89. The number of anilines is 4. The van der Waals surface area contributed by atoms with Crippen molar-refractivity contribution in [2.75, 3.05) is 10.4 Å². The summed E-state index contributed by atoms with van der Waals surface area (Å²) in [5.74, 6) is 0. The molecule has 3 heterocycles. The van der Waals surface area contributed by atoms with Gasteiger partial charge in [0.25, 0.3) is 0 Å². The van der Waals surface area contributed by atoms with Crippen LogP contribution in [0.1, 0.15) is 22.3 Å². The third-order valence-electron chi connectivity index (χ3n) is 7.30. The highest BCUT2D eigenvalue weighted by atomic mass is 16.5. The van der Waals surface area contributed by atoms with Gasteiger partial charge in [-0.1, -0.05) is 61.7 Å². The number of hydrogen-bond acceptors (Lipinski definition) is 4. The molecule has 1 aromatic heterocycles. The molecule has 5 nitrogen and oxygen atoms in total. The third kappa shape index (κ3) is 2.37. The Labute approximate surface area is 201 Å². The molecule has 0 spiro atoms. The summed E-state index contributed by atoms with van der Waals surface area (Å²) in [4.78, 5) is 14.1. The second-order valence-corrected chi connectivity index (χ2v) is 9.06. The maximum atomic E-state index is 14.1. The Morgan fingerprint density at radius 2 is 1.49 bits per heavy atom. The molecule has 168 valence electrons. The van der Waals surface area contributed by atoms with Crippen molar-refractivity contribution < 1.29 is 5.21 Å². The van der Waals surface area contributed by atoms with E-state index in [-0.39, 0.29) is 5.43 Å². The molecule has 0 saturated heterocycles. The highest BCUT2D eigenvalue weighted by Crippen LogP contribution is 2.55. The summed E-state index contributed by atoms with van der Waals surface area (Å²) in [6.07, 6.45) is 0. The molecule has 0 radical (unpaired) electrons. The Morgan fingerprint density at radius 3 is 2.31 bits per heavy atom. The Bertz CT molecular complexity index is 1860. The molecule has 0 bridgehead atoms. The molecule has 0 atom stereocenters. The second-order valence-electron chi connectivity index (χ2n) is 9.06. The van der Waals surface area contributed by atoms with E-state index in [4.69, 9.17) is 0 Å². The molecule has 5 heteroatoms. The quantitative estimate of drug-likeness (QED) is 0.250. The maximum absolute atomic E-state index is 14.1. The van der Waals surface area contributed by atoms with Crippen LogP contribution in [0, 0.1) is 0 Å². The number of aromatic nitrogens is 1. The molecule has 2 aliphatic heterocycles. The molecule has 5 aromatic rings. The minimum absolute atomic E-state index is 0.134. The highest BCUT2D eigenvalue weighted by Gasteiger charge is 2.36. The van der Waals surface area contributed by atoms with Crippen LogP contribution in [0.5, 0.6) is 0 Å². The zero-order chi connectivity index (χ0) is 24.0. The van der Waals surface area contributed by atoms with Crippen molar-refractivity contribution in [3.63, 3.8) is 0 Å². The molecule has 0 fully saturated rings. The van der Waals surface area contributed by atoms with Gasteiger partial charge < -0.3 is 9.88 Å². The van der Waals surface area contributed by atoms with Crippen LogP contribution in [0.25, 0.3) is 33.0 Å². The fourth-order valence-electron chi connectivity index (χ4n) is 5.71. The minimum Gasteiger partial charge on any atom is -0.354 e. The number of pyridine rings is 1. The molecule has 4 aromatic carbocycles. The summed E-state index contributed by atoms with van der Waals surface area (Å²) in [7, 11) is 1.96. The molecule has 2 aliphatic rings. The lowest BCUT2D eigenvalue weighted by molar-refractivity contribution is 0.300. The Hall–Kier alpha value is -4.61. The van der Waals surface area contributed by atoms with Crippen LogP contribution < -0.4 is 15.8 Å². The van der Waals surface area contributed by atoms with Gasteiger partial charge in [0.05, 0.1) is 33.5 Å². The van der Waals surface area contributed by atoms with E-state index in [1.807, 2.05) is 84.4 Å². The second kappa shape index (κ2) is 6.72. The van der Waals surface area contributed by atoms with Gasteiger partial charge in [0.1, 0.15) is 0 Å². The number of para-hydroxylation sites is 3. The first-order valence-electron chi connectivity index (χ1n) is 11.4. The van der Waals surface area contributed by atoms with Crippen molar-refractivity contribution in [3.05, 3.63) is 118 Å². The lowest BCUT2D eigenvalue weighted by Gasteiger charge is -2.36. The topological polar surface area (TPSA) is 57.5 Å². The van der Waals surface area contributed by atoms with Gasteiger partial charge in [-0.15, -0.1) is 0 Å². The first-order valence-corrected chi connectivity index (χ1v) is 11.4. The molecule has 0 aliphatic carbocycles. The van der Waals surface area contributed by atoms with Crippen molar-refractivity contribution in [2.45, 2.75) is 0 Å². The van der Waals surface area contributed by atoms with E-state index in [1.165, 1.54) is 0 Å². The van der Waals surface area contributed by atoms with Gasteiger partial charge in [0, 0.05) is 40.4 Å². The van der Waals surface area contributed by atoms with Crippen LogP contribution >= 0.6 is 0 Å². The van der Waals surface area contributed by atoms with Gasteiger partial charge in [0.2, 0.25) is 0 Å². The Morgan fingerprint density at radius 1 is 0.829 bits per heavy atom. The van der Waals surface area contributed by atoms with Crippen molar-refractivity contribution in [3.8, 4) is 0 Å². The van der Waals surface area contributed by atoms with Crippen LogP contribution in [0.4, 0.5) is 22.7 Å². The van der Waals surface area contributed by atoms with Crippen molar-refractivity contribution in [1.29, 1.82) is 0 Å². The minimum atomic E-state index is -0.134. The van der Waals surface area contributed by atoms with E-state index in [0.717, 1.165) is 55.3 Å². The van der Waals surface area contributed by atoms with Crippen LogP contribution in [-0.2, 0) is 7.05 Å². The lowest BCUT2D eigenvalue weighted by atomic mass is 9.82. The number of nitrogens with one attached hydrogen (secondary N) is 1. The molecular formula is C30H21N3O2. The smallest absolute Gasteiger partial charge is 0.199 e. The van der Waals surface area contributed by atoms with Crippen LogP contribution in [0.2, 0.25) is 0 Å². The summed E-state index contributed by atoms with van der Waals surface area (Å²) < 4.78 is 2.03. The fraction of sp³-hybridized carbons (Fsp3) is 0.0333. The highest BCUT2D eigenvalue weighted by molar-refractivity contribution is 6.19. The molecule has 2 N–H and O–H groups in total. The van der Waals surface area contributed by atoms with E-state index in [0.29, 0.717) is 27.7 Å². The summed E-state index contributed by atoms with van der Waals surface area (Å²) in [5, 5.41) is 17.3. The molecular weight excluding hydrogens is 434 g/mol. The van der Waals surface area contributed by atoms with Crippen LogP contribution in [0.3, 0.4) is 0 Å². The van der Waals surface area contributed by atoms with E-state index >= 15 is 0 Å². The van der Waals surface area contributed by atoms with Crippen molar-refractivity contribution in [2.24, 2.45) is 7.05 Å². The zero-order valence-electron chi connectivity index (χ0n) is 19.1. The van der Waals surface area contributed by atoms with E-state index in [9.17, 15) is 10.0 Å². The van der Waals surface area contributed by atoms with Gasteiger partial charge in [-0.2, -0.15) is 0 Å². The average molecular weight is 456 g/mol. The molecule has 35 heavy (non-hydrogen) atoms. The van der Waals surface area contributed by atoms with Gasteiger partial charge >= 0.3 is 0 Å². The van der Waals surface area contributed by atoms with Gasteiger partial charge in [0.15, 0.2) is 5.43 Å². The summed E-state index contributed by atoms with van der Waals surface area (Å²) >= 11 is 0. The summed E-state index contributed by atoms with van der Waals surface area (Å²) in [5.41, 5.74) is 9.06. The van der Waals surface area contributed by atoms with Crippen LogP contribution in [0.15, 0.2) is 90.7 Å². The number of fused-ring (bicyclic) bond motifs is 9. The predicted octanol–water partition coefficient (Wildman–Crippen LogP) is 6.71. The first-order chi connectivity index (χ1) is 17.0. The predicted molar refractivity (Wildman–Crippen MR) is 143 cm³/mol. The summed E-state index contributed by atoms with van der Waals surface area (Å²) in [6, 6.07) is 23.1. The first kappa shape index (κ1) is 19.8. The van der Waals surface area contributed by atoms with Gasteiger partial charge in [-0.05, 0) is 35.4 Å². The molecule has 0 saturated carbocycles. The van der Waals surface area contributed by atoms with Crippen molar-refractivity contribution >= 4 is 55.7 Å². The molecule has 0 amide bonds. The number of hydrogen-bond donors (Lipinski definition) is 2. The summed E-state index contributed by atoms with van der Waals surface area (Å²) in [6.45, 7) is 8.90. The third-order valence-corrected chi connectivity index (χ3v) is 7.30. The van der Waals surface area contributed by atoms with Crippen LogP contribution in [-0.4, -0.2) is 9.77 Å². The molecule has 0 unspecified atom stereocenters. The fourth-order valence-corrected chi connectivity index (χ4v) is 5.71. The Kier molecular flexibility index (Phi) is 3.80. The van der Waals surface area contributed by atoms with E-state index < -0.39 is 0 Å². The van der Waals surface area contributed by atoms with E-state index in [2.05, 4.69) is 18.5 Å². The Balaban J connectivity index is 1.76. The van der Waals surface area contributed by atoms with Crippen molar-refractivity contribution in [1.82, 2.24) is 4.57 Å². The van der Waals surface area contributed by atoms with Gasteiger partial charge in [-0.25, -0.2) is 5.06 Å². The molecule has 7 rings (SSSR count). The van der Waals surface area contributed by atoms with Gasteiger partial charge in [-0.3, -0.25) is 10.0 Å². The number of aryl methyl sites for hydroxylation is 1. The number of benzene rings is 4. The van der Waals surface area contributed by atoms with E-state index in [1.54, 1.807) is 0 Å². The number of nitrogens with zero attached hydrogens (tertiary/aromatic N) is 2. The monoisotopic (exact) mass is 455 g/mol. The zero-order valence-corrected chi connectivity index (χ0v) is 19.1. The SMILES string of the molecule is C=C1c2ccccc2N(O)c2c1c1c(c3c2c(=O)c2ccccc2n3C)C(=C)c2ccccc2N1. The largest absolute Gasteiger partial charge is 0.354 e. The maximum Gasteiger partial charge on any atom is 0.199 e. The normalized spacial score (nSPS) is 13.8. The standard InChI is InChI=1S/C30H21N3O2/c1-16-18-10-4-7-13-21(18)31-27-24(16)28-26(30(34)20-12-6-8-14-22(20)32(28)3)29-25(27)17(2)19-11-5-9-15-23(19)33(29)35/h4-15,31,35H,1-2H2,3H3. The lowest BCUT2D eigenvalue weighted by Crippen LogP contribution is -2.25.